The normalized spacial score (nSPS) is 19.9. The fourth-order valence-corrected chi connectivity index (χ4v) is 3.51. The lowest BCUT2D eigenvalue weighted by molar-refractivity contribution is -0.119. The standard InChI is InChI=1S/C11H22N2O3S/c1-3-9(2)13-11(14)8-17(15,16)10-4-6-12-7-5-10/h9-10,12H,3-8H2,1-2H3,(H,13,14). The van der Waals surface area contributed by atoms with Gasteiger partial charge in [0.1, 0.15) is 5.75 Å². The quantitative estimate of drug-likeness (QED) is 0.735. The molecule has 1 aliphatic rings. The van der Waals surface area contributed by atoms with Crippen molar-refractivity contribution < 1.29 is 13.2 Å². The maximum absolute atomic E-state index is 12.0. The molecule has 5 nitrogen and oxygen atoms in total. The van der Waals surface area contributed by atoms with Crippen LogP contribution >= 0.6 is 0 Å². The second kappa shape index (κ2) is 6.35. The van der Waals surface area contributed by atoms with Crippen LogP contribution in [0.15, 0.2) is 0 Å². The molecule has 0 aromatic heterocycles. The Labute approximate surface area is 103 Å². The summed E-state index contributed by atoms with van der Waals surface area (Å²) in [6, 6.07) is 0.0331. The molecule has 0 saturated carbocycles. The number of rotatable bonds is 5. The Kier molecular flexibility index (Phi) is 5.39. The van der Waals surface area contributed by atoms with Crippen LogP contribution in [-0.4, -0.2) is 44.5 Å². The molecule has 0 aliphatic carbocycles. The molecule has 1 atom stereocenters. The van der Waals surface area contributed by atoms with Gasteiger partial charge in [0.25, 0.3) is 0 Å². The summed E-state index contributed by atoms with van der Waals surface area (Å²) in [5.74, 6) is -0.750. The van der Waals surface area contributed by atoms with Gasteiger partial charge in [0, 0.05) is 6.04 Å². The number of hydrogen-bond donors (Lipinski definition) is 2. The van der Waals surface area contributed by atoms with Crippen molar-refractivity contribution in [3.8, 4) is 0 Å². The van der Waals surface area contributed by atoms with Crippen LogP contribution in [0.3, 0.4) is 0 Å². The number of carbonyl (C=O) groups is 1. The van der Waals surface area contributed by atoms with Crippen LogP contribution in [0.2, 0.25) is 0 Å². The van der Waals surface area contributed by atoms with Crippen molar-refractivity contribution in [1.82, 2.24) is 10.6 Å². The molecule has 1 saturated heterocycles. The second-order valence-electron chi connectivity index (χ2n) is 4.63. The van der Waals surface area contributed by atoms with E-state index in [0.717, 1.165) is 19.5 Å². The summed E-state index contributed by atoms with van der Waals surface area (Å²) in [4.78, 5) is 11.6. The van der Waals surface area contributed by atoms with Crippen molar-refractivity contribution in [2.24, 2.45) is 0 Å². The monoisotopic (exact) mass is 262 g/mol. The first-order chi connectivity index (χ1) is 7.95. The van der Waals surface area contributed by atoms with Crippen LogP contribution in [0.5, 0.6) is 0 Å². The molecule has 0 aromatic rings. The van der Waals surface area contributed by atoms with Crippen LogP contribution in [0.25, 0.3) is 0 Å². The summed E-state index contributed by atoms with van der Waals surface area (Å²) in [5.41, 5.74) is 0. The highest BCUT2D eigenvalue weighted by atomic mass is 32.2. The number of piperidine rings is 1. The van der Waals surface area contributed by atoms with E-state index in [1.807, 2.05) is 13.8 Å². The fourth-order valence-electron chi connectivity index (χ4n) is 1.87. The van der Waals surface area contributed by atoms with Gasteiger partial charge in [-0.3, -0.25) is 4.79 Å². The van der Waals surface area contributed by atoms with Crippen molar-refractivity contribution in [3.05, 3.63) is 0 Å². The summed E-state index contributed by atoms with van der Waals surface area (Å²) in [6.45, 7) is 5.26. The average molecular weight is 262 g/mol. The fraction of sp³-hybridized carbons (Fsp3) is 0.909. The molecule has 100 valence electrons. The molecular formula is C11H22N2O3S. The van der Waals surface area contributed by atoms with Gasteiger partial charge < -0.3 is 10.6 Å². The maximum Gasteiger partial charge on any atom is 0.235 e. The predicted octanol–water partition coefficient (Wildman–Crippen LogP) is 0.0679. The molecular weight excluding hydrogens is 240 g/mol. The third-order valence-electron chi connectivity index (χ3n) is 3.15. The lowest BCUT2D eigenvalue weighted by atomic mass is 10.2. The van der Waals surface area contributed by atoms with E-state index in [9.17, 15) is 13.2 Å². The number of hydrogen-bond acceptors (Lipinski definition) is 4. The van der Waals surface area contributed by atoms with E-state index >= 15 is 0 Å². The van der Waals surface area contributed by atoms with Gasteiger partial charge >= 0.3 is 0 Å². The molecule has 0 aromatic carbocycles. The van der Waals surface area contributed by atoms with Gasteiger partial charge in [-0.2, -0.15) is 0 Å². The van der Waals surface area contributed by atoms with E-state index in [1.165, 1.54) is 0 Å². The molecule has 6 heteroatoms. The molecule has 2 N–H and O–H groups in total. The summed E-state index contributed by atoms with van der Waals surface area (Å²) < 4.78 is 24.0. The van der Waals surface area contributed by atoms with Crippen molar-refractivity contribution in [2.75, 3.05) is 18.8 Å². The lowest BCUT2D eigenvalue weighted by Crippen LogP contribution is -2.42. The van der Waals surface area contributed by atoms with Crippen molar-refractivity contribution >= 4 is 15.7 Å². The van der Waals surface area contributed by atoms with Gasteiger partial charge in [-0.05, 0) is 39.3 Å². The third kappa shape index (κ3) is 4.63. The minimum Gasteiger partial charge on any atom is -0.353 e. The highest BCUT2D eigenvalue weighted by molar-refractivity contribution is 7.92. The number of carbonyl (C=O) groups excluding carboxylic acids is 1. The van der Waals surface area contributed by atoms with Gasteiger partial charge in [0.05, 0.1) is 5.25 Å². The van der Waals surface area contributed by atoms with E-state index in [0.29, 0.717) is 12.8 Å². The van der Waals surface area contributed by atoms with E-state index in [1.54, 1.807) is 0 Å². The molecule has 1 heterocycles. The Morgan fingerprint density at radius 2 is 2.00 bits per heavy atom. The van der Waals surface area contributed by atoms with Crippen molar-refractivity contribution in [2.45, 2.75) is 44.4 Å². The van der Waals surface area contributed by atoms with Gasteiger partial charge in [-0.25, -0.2) is 8.42 Å². The molecule has 0 radical (unpaired) electrons. The molecule has 17 heavy (non-hydrogen) atoms. The van der Waals surface area contributed by atoms with Gasteiger partial charge in [0.15, 0.2) is 9.84 Å². The zero-order valence-electron chi connectivity index (χ0n) is 10.5. The first-order valence-corrected chi connectivity index (χ1v) is 7.89. The topological polar surface area (TPSA) is 75.3 Å². The Morgan fingerprint density at radius 3 is 2.53 bits per heavy atom. The molecule has 1 fully saturated rings. The van der Waals surface area contributed by atoms with Crippen molar-refractivity contribution in [3.63, 3.8) is 0 Å². The zero-order valence-corrected chi connectivity index (χ0v) is 11.3. The highest BCUT2D eigenvalue weighted by Crippen LogP contribution is 2.14. The highest BCUT2D eigenvalue weighted by Gasteiger charge is 2.29. The van der Waals surface area contributed by atoms with Crippen LogP contribution in [0, 0.1) is 0 Å². The van der Waals surface area contributed by atoms with E-state index in [4.69, 9.17) is 0 Å². The van der Waals surface area contributed by atoms with E-state index < -0.39 is 9.84 Å². The lowest BCUT2D eigenvalue weighted by Gasteiger charge is -2.22. The zero-order chi connectivity index (χ0) is 12.9. The third-order valence-corrected chi connectivity index (χ3v) is 5.30. The first-order valence-electron chi connectivity index (χ1n) is 6.17. The number of nitrogens with one attached hydrogen (secondary N) is 2. The Balaban J connectivity index is 2.50. The summed E-state index contributed by atoms with van der Waals surface area (Å²) in [7, 11) is -3.29. The average Bonchev–Trinajstić information content (AvgIpc) is 2.29. The molecule has 1 rings (SSSR count). The van der Waals surface area contributed by atoms with Crippen molar-refractivity contribution in [1.29, 1.82) is 0 Å². The molecule has 0 bridgehead atoms. The number of sulfone groups is 1. The summed E-state index contributed by atoms with van der Waals surface area (Å²) in [5, 5.41) is 5.45. The SMILES string of the molecule is CCC(C)NC(=O)CS(=O)(=O)C1CCNCC1. The van der Waals surface area contributed by atoms with Gasteiger partial charge in [-0.15, -0.1) is 0 Å². The Hall–Kier alpha value is -0.620. The van der Waals surface area contributed by atoms with Gasteiger partial charge in [0.2, 0.25) is 5.91 Å². The van der Waals surface area contributed by atoms with Gasteiger partial charge in [-0.1, -0.05) is 6.92 Å². The predicted molar refractivity (Wildman–Crippen MR) is 67.6 cm³/mol. The Morgan fingerprint density at radius 1 is 1.41 bits per heavy atom. The summed E-state index contributed by atoms with van der Waals surface area (Å²) in [6.07, 6.45) is 2.02. The smallest absolute Gasteiger partial charge is 0.235 e. The molecule has 0 spiro atoms. The molecule has 1 unspecified atom stereocenters. The minimum absolute atomic E-state index is 0.0331. The largest absolute Gasteiger partial charge is 0.353 e. The van der Waals surface area contributed by atoms with E-state index in [-0.39, 0.29) is 23.0 Å². The van der Waals surface area contributed by atoms with Crippen LogP contribution in [-0.2, 0) is 14.6 Å². The summed E-state index contributed by atoms with van der Waals surface area (Å²) >= 11 is 0. The van der Waals surface area contributed by atoms with Crippen LogP contribution in [0.4, 0.5) is 0 Å². The van der Waals surface area contributed by atoms with Crippen LogP contribution < -0.4 is 10.6 Å². The second-order valence-corrected chi connectivity index (χ2v) is 6.91. The Bertz CT molecular complexity index is 348. The molecule has 1 amide bonds. The van der Waals surface area contributed by atoms with E-state index in [2.05, 4.69) is 10.6 Å². The number of amides is 1. The molecule has 1 aliphatic heterocycles. The first kappa shape index (κ1) is 14.4. The minimum atomic E-state index is -3.29. The van der Waals surface area contributed by atoms with Crippen LogP contribution in [0.1, 0.15) is 33.1 Å². The maximum atomic E-state index is 12.0.